The molecular formula is C20H26N6OS. The molecule has 2 amide bonds. The highest BCUT2D eigenvalue weighted by atomic mass is 32.2. The van der Waals surface area contributed by atoms with Gasteiger partial charge in [-0.3, -0.25) is 4.99 Å². The van der Waals surface area contributed by atoms with Crippen LogP contribution in [0.15, 0.2) is 51.0 Å². The summed E-state index contributed by atoms with van der Waals surface area (Å²) >= 11 is 1.67. The van der Waals surface area contributed by atoms with E-state index in [9.17, 15) is 4.79 Å². The highest BCUT2D eigenvalue weighted by Gasteiger charge is 2.27. The van der Waals surface area contributed by atoms with E-state index in [1.54, 1.807) is 11.8 Å². The fraction of sp³-hybridized carbons (Fsp3) is 0.450. The molecule has 0 aromatic heterocycles. The average Bonchev–Trinajstić information content (AvgIpc) is 3.16. The number of amidine groups is 1. The largest absolute Gasteiger partial charge is 0.353 e. The number of rotatable bonds is 4. The number of anilines is 1. The summed E-state index contributed by atoms with van der Waals surface area (Å²) in [4.78, 5) is 29.3. The first-order valence-electron chi connectivity index (χ1n) is 9.71. The number of aliphatic imine (C=N–C) groups is 2. The third kappa shape index (κ3) is 4.01. The number of piperazine rings is 1. The van der Waals surface area contributed by atoms with E-state index in [0.29, 0.717) is 19.1 Å². The van der Waals surface area contributed by atoms with Gasteiger partial charge in [0.05, 0.1) is 12.4 Å². The van der Waals surface area contributed by atoms with Crippen molar-refractivity contribution >= 4 is 35.7 Å². The number of fused-ring (bicyclic) bond motifs is 1. The van der Waals surface area contributed by atoms with E-state index in [2.05, 4.69) is 33.1 Å². The fourth-order valence-corrected chi connectivity index (χ4v) is 4.03. The number of hydrogen-bond donors (Lipinski definition) is 1. The molecule has 0 spiro atoms. The van der Waals surface area contributed by atoms with Crippen molar-refractivity contribution in [3.63, 3.8) is 0 Å². The first kappa shape index (κ1) is 18.9. The Bertz CT molecular complexity index is 828. The lowest BCUT2D eigenvalue weighted by Crippen LogP contribution is -2.49. The van der Waals surface area contributed by atoms with Gasteiger partial charge in [0.2, 0.25) is 0 Å². The van der Waals surface area contributed by atoms with Crippen LogP contribution < -0.4 is 5.32 Å². The van der Waals surface area contributed by atoms with E-state index in [-0.39, 0.29) is 6.03 Å². The fourth-order valence-electron chi connectivity index (χ4n) is 3.57. The van der Waals surface area contributed by atoms with Crippen LogP contribution in [0.4, 0.5) is 10.5 Å². The number of carbonyl (C=O) groups is 1. The number of carbonyl (C=O) groups excluding carboxylic acids is 1. The van der Waals surface area contributed by atoms with Gasteiger partial charge < -0.3 is 20.0 Å². The number of thioether (sulfide) groups is 1. The molecule has 3 aliphatic rings. The van der Waals surface area contributed by atoms with Crippen molar-refractivity contribution in [3.8, 4) is 0 Å². The summed E-state index contributed by atoms with van der Waals surface area (Å²) in [6.07, 6.45) is 7.03. The molecule has 0 radical (unpaired) electrons. The topological polar surface area (TPSA) is 63.5 Å². The van der Waals surface area contributed by atoms with Gasteiger partial charge >= 0.3 is 6.03 Å². The zero-order valence-electron chi connectivity index (χ0n) is 16.3. The minimum Gasteiger partial charge on any atom is -0.353 e. The molecule has 4 rings (SSSR count). The zero-order chi connectivity index (χ0) is 19.5. The summed E-state index contributed by atoms with van der Waals surface area (Å²) in [5.74, 6) is 1.95. The standard InChI is InChI=1S/C20H26N6OS/c1-3-15-13-26-14-21-18(12-19(26)22-15)24-7-9-25(10-8-24)20(27)23-16-5-4-6-17(11-16)28-2/h4-6,11-12,14-15H,3,7-10,13H2,1-2H3,(H,23,27). The van der Waals surface area contributed by atoms with Crippen LogP contribution >= 0.6 is 11.8 Å². The number of amides is 2. The predicted octanol–water partition coefficient (Wildman–Crippen LogP) is 2.93. The Kier molecular flexibility index (Phi) is 5.57. The maximum absolute atomic E-state index is 12.6. The second-order valence-electron chi connectivity index (χ2n) is 7.09. The summed E-state index contributed by atoms with van der Waals surface area (Å²) in [6.45, 7) is 5.97. The van der Waals surface area contributed by atoms with Crippen LogP contribution in [0, 0.1) is 0 Å². The van der Waals surface area contributed by atoms with Crippen molar-refractivity contribution in [1.82, 2.24) is 14.7 Å². The lowest BCUT2D eigenvalue weighted by atomic mass is 10.2. The van der Waals surface area contributed by atoms with E-state index < -0.39 is 0 Å². The lowest BCUT2D eigenvalue weighted by Gasteiger charge is -2.36. The van der Waals surface area contributed by atoms with Gasteiger partial charge in [0.1, 0.15) is 11.7 Å². The molecule has 148 valence electrons. The molecule has 28 heavy (non-hydrogen) atoms. The molecule has 1 saturated heterocycles. The predicted molar refractivity (Wildman–Crippen MR) is 115 cm³/mol. The lowest BCUT2D eigenvalue weighted by molar-refractivity contribution is 0.167. The van der Waals surface area contributed by atoms with Crippen LogP contribution in [0.25, 0.3) is 0 Å². The van der Waals surface area contributed by atoms with Gasteiger partial charge in [-0.05, 0) is 30.9 Å². The normalized spacial score (nSPS) is 21.4. The molecule has 0 bridgehead atoms. The van der Waals surface area contributed by atoms with Crippen molar-refractivity contribution < 1.29 is 4.79 Å². The van der Waals surface area contributed by atoms with Crippen molar-refractivity contribution in [1.29, 1.82) is 0 Å². The summed E-state index contributed by atoms with van der Waals surface area (Å²) in [5, 5.41) is 3.01. The van der Waals surface area contributed by atoms with E-state index >= 15 is 0 Å². The minimum atomic E-state index is -0.0452. The van der Waals surface area contributed by atoms with E-state index in [1.807, 2.05) is 41.8 Å². The van der Waals surface area contributed by atoms with Crippen LogP contribution in [0.2, 0.25) is 0 Å². The average molecular weight is 399 g/mol. The van der Waals surface area contributed by atoms with Gasteiger partial charge in [0.15, 0.2) is 0 Å². The van der Waals surface area contributed by atoms with E-state index in [4.69, 9.17) is 4.99 Å². The Morgan fingerprint density at radius 3 is 2.86 bits per heavy atom. The summed E-state index contributed by atoms with van der Waals surface area (Å²) in [6, 6.07) is 8.24. The van der Waals surface area contributed by atoms with Crippen molar-refractivity contribution in [2.45, 2.75) is 24.3 Å². The van der Waals surface area contributed by atoms with Crippen LogP contribution in [0.3, 0.4) is 0 Å². The second-order valence-corrected chi connectivity index (χ2v) is 7.96. The molecule has 1 N–H and O–H groups in total. The zero-order valence-corrected chi connectivity index (χ0v) is 17.2. The molecule has 1 unspecified atom stereocenters. The minimum absolute atomic E-state index is 0.0452. The molecule has 0 aliphatic carbocycles. The Morgan fingerprint density at radius 1 is 1.29 bits per heavy atom. The Hall–Kier alpha value is -2.48. The molecule has 7 nitrogen and oxygen atoms in total. The number of nitrogens with zero attached hydrogens (tertiary/aromatic N) is 5. The smallest absolute Gasteiger partial charge is 0.321 e. The van der Waals surface area contributed by atoms with Crippen molar-refractivity contribution in [2.24, 2.45) is 9.98 Å². The van der Waals surface area contributed by atoms with Crippen LogP contribution in [-0.4, -0.2) is 77.9 Å². The molecule has 1 aromatic carbocycles. The molecule has 1 atom stereocenters. The molecule has 0 saturated carbocycles. The Balaban J connectivity index is 1.33. The summed E-state index contributed by atoms with van der Waals surface area (Å²) in [7, 11) is 0. The van der Waals surface area contributed by atoms with Gasteiger partial charge in [0.25, 0.3) is 0 Å². The quantitative estimate of drug-likeness (QED) is 0.792. The number of urea groups is 1. The third-order valence-corrected chi connectivity index (χ3v) is 6.01. The van der Waals surface area contributed by atoms with Gasteiger partial charge in [-0.1, -0.05) is 13.0 Å². The van der Waals surface area contributed by atoms with Gasteiger partial charge in [0, 0.05) is 49.4 Å². The maximum Gasteiger partial charge on any atom is 0.321 e. The second kappa shape index (κ2) is 8.26. The molecule has 3 aliphatic heterocycles. The number of nitrogens with one attached hydrogen (secondary N) is 1. The maximum atomic E-state index is 12.6. The highest BCUT2D eigenvalue weighted by molar-refractivity contribution is 7.98. The first-order valence-corrected chi connectivity index (χ1v) is 10.9. The molecule has 8 heteroatoms. The van der Waals surface area contributed by atoms with Crippen LogP contribution in [-0.2, 0) is 0 Å². The molecular weight excluding hydrogens is 372 g/mol. The number of hydrogen-bond acceptors (Lipinski definition) is 6. The Morgan fingerprint density at radius 2 is 2.11 bits per heavy atom. The first-order chi connectivity index (χ1) is 13.7. The monoisotopic (exact) mass is 398 g/mol. The van der Waals surface area contributed by atoms with Crippen molar-refractivity contribution in [3.05, 3.63) is 36.2 Å². The number of benzene rings is 1. The summed E-state index contributed by atoms with van der Waals surface area (Å²) in [5.41, 5.74) is 0.837. The van der Waals surface area contributed by atoms with E-state index in [1.165, 1.54) is 0 Å². The van der Waals surface area contributed by atoms with Crippen LogP contribution in [0.5, 0.6) is 0 Å². The molecule has 3 heterocycles. The molecule has 1 fully saturated rings. The Labute approximate surface area is 170 Å². The van der Waals surface area contributed by atoms with Crippen LogP contribution in [0.1, 0.15) is 13.3 Å². The van der Waals surface area contributed by atoms with Gasteiger partial charge in [-0.15, -0.1) is 11.8 Å². The van der Waals surface area contributed by atoms with Gasteiger partial charge in [-0.25, -0.2) is 9.79 Å². The van der Waals surface area contributed by atoms with Crippen molar-refractivity contribution in [2.75, 3.05) is 44.3 Å². The highest BCUT2D eigenvalue weighted by Crippen LogP contribution is 2.21. The SMILES string of the molecule is CCC1CN2C=NC(N3CCN(C(=O)Nc4cccc(SC)c4)CC3)=CC2=N1. The summed E-state index contributed by atoms with van der Waals surface area (Å²) < 4.78 is 0. The van der Waals surface area contributed by atoms with Gasteiger partial charge in [-0.2, -0.15) is 0 Å². The third-order valence-electron chi connectivity index (χ3n) is 5.29. The molecule has 1 aromatic rings. The van der Waals surface area contributed by atoms with E-state index in [0.717, 1.165) is 48.3 Å².